The van der Waals surface area contributed by atoms with Gasteiger partial charge in [-0.3, -0.25) is 4.79 Å². The van der Waals surface area contributed by atoms with Crippen LogP contribution in [-0.4, -0.2) is 23.1 Å². The Kier molecular flexibility index (Phi) is 6.85. The molecule has 0 aliphatic heterocycles. The molecule has 0 spiro atoms. The lowest BCUT2D eigenvalue weighted by Crippen LogP contribution is -2.46. The molecule has 4 heteroatoms. The number of hydrogen-bond donors (Lipinski definition) is 3. The number of nitrogens with one attached hydrogen (secondary N) is 2. The first-order chi connectivity index (χ1) is 9.85. The van der Waals surface area contributed by atoms with Gasteiger partial charge in [-0.05, 0) is 43.4 Å². The van der Waals surface area contributed by atoms with Gasteiger partial charge >= 0.3 is 0 Å². The third-order valence-corrected chi connectivity index (χ3v) is 4.15. The van der Waals surface area contributed by atoms with E-state index >= 15 is 0 Å². The highest BCUT2D eigenvalue weighted by atomic mass is 16.3. The number of benzene rings is 1. The standard InChI is InChI=1S/C17H28N2O2/c1-11(2)12(3)13(4)18-14(5)17(21)19-16-8-6-15(10-20)7-9-16/h6-9,11-14,18,20H,10H2,1-5H3,(H,19,21)/t12-,13+,14-/m0/s1. The van der Waals surface area contributed by atoms with E-state index in [0.717, 1.165) is 11.3 Å². The number of rotatable bonds is 7. The van der Waals surface area contributed by atoms with Crippen LogP contribution in [0.5, 0.6) is 0 Å². The van der Waals surface area contributed by atoms with Gasteiger partial charge in [0.2, 0.25) is 5.91 Å². The largest absolute Gasteiger partial charge is 0.392 e. The van der Waals surface area contributed by atoms with Gasteiger partial charge in [0.05, 0.1) is 12.6 Å². The van der Waals surface area contributed by atoms with E-state index in [2.05, 4.69) is 38.3 Å². The molecule has 0 saturated heterocycles. The van der Waals surface area contributed by atoms with Gasteiger partial charge in [0.1, 0.15) is 0 Å². The van der Waals surface area contributed by atoms with Crippen molar-refractivity contribution < 1.29 is 9.90 Å². The molecule has 0 fully saturated rings. The van der Waals surface area contributed by atoms with Gasteiger partial charge in [0.15, 0.2) is 0 Å². The van der Waals surface area contributed by atoms with E-state index in [1.807, 2.05) is 6.92 Å². The maximum atomic E-state index is 12.2. The van der Waals surface area contributed by atoms with Crippen LogP contribution >= 0.6 is 0 Å². The summed E-state index contributed by atoms with van der Waals surface area (Å²) in [4.78, 5) is 12.2. The molecule has 0 saturated carbocycles. The van der Waals surface area contributed by atoms with Crippen LogP contribution in [0.15, 0.2) is 24.3 Å². The Morgan fingerprint density at radius 2 is 1.67 bits per heavy atom. The molecule has 0 bridgehead atoms. The molecule has 3 atom stereocenters. The Bertz CT molecular complexity index is 443. The minimum Gasteiger partial charge on any atom is -0.392 e. The number of aliphatic hydroxyl groups excluding tert-OH is 1. The second kappa shape index (κ2) is 8.15. The van der Waals surface area contributed by atoms with Crippen molar-refractivity contribution in [3.63, 3.8) is 0 Å². The first-order valence-corrected chi connectivity index (χ1v) is 7.61. The number of amides is 1. The van der Waals surface area contributed by atoms with Crippen LogP contribution in [0.2, 0.25) is 0 Å². The number of carbonyl (C=O) groups excluding carboxylic acids is 1. The minimum absolute atomic E-state index is 0.0107. The molecule has 0 aliphatic carbocycles. The monoisotopic (exact) mass is 292 g/mol. The normalized spacial score (nSPS) is 15.6. The summed E-state index contributed by atoms with van der Waals surface area (Å²) >= 11 is 0. The molecule has 1 rings (SSSR count). The smallest absolute Gasteiger partial charge is 0.241 e. The van der Waals surface area contributed by atoms with E-state index in [1.54, 1.807) is 24.3 Å². The van der Waals surface area contributed by atoms with E-state index in [9.17, 15) is 4.79 Å². The van der Waals surface area contributed by atoms with Crippen molar-refractivity contribution in [3.8, 4) is 0 Å². The number of hydrogen-bond acceptors (Lipinski definition) is 3. The predicted molar refractivity (Wildman–Crippen MR) is 87.1 cm³/mol. The second-order valence-corrected chi connectivity index (χ2v) is 6.12. The summed E-state index contributed by atoms with van der Waals surface area (Å²) < 4.78 is 0. The molecule has 1 amide bonds. The van der Waals surface area contributed by atoms with Crippen molar-refractivity contribution in [2.75, 3.05) is 5.32 Å². The first kappa shape index (κ1) is 17.7. The molecule has 0 radical (unpaired) electrons. The average Bonchev–Trinajstić information content (AvgIpc) is 2.46. The topological polar surface area (TPSA) is 61.4 Å². The summed E-state index contributed by atoms with van der Waals surface area (Å²) in [6.45, 7) is 10.6. The Morgan fingerprint density at radius 3 is 2.14 bits per heavy atom. The zero-order valence-corrected chi connectivity index (χ0v) is 13.7. The van der Waals surface area contributed by atoms with Crippen molar-refractivity contribution in [1.29, 1.82) is 0 Å². The SMILES string of the molecule is CC(C)[C@H](C)[C@@H](C)N[C@@H](C)C(=O)Nc1ccc(CO)cc1. The van der Waals surface area contributed by atoms with Gasteiger partial charge in [0.25, 0.3) is 0 Å². The third-order valence-electron chi connectivity index (χ3n) is 4.15. The molecule has 0 aliphatic rings. The van der Waals surface area contributed by atoms with Gasteiger partial charge in [-0.25, -0.2) is 0 Å². The van der Waals surface area contributed by atoms with E-state index in [0.29, 0.717) is 11.8 Å². The van der Waals surface area contributed by atoms with Gasteiger partial charge in [-0.1, -0.05) is 32.9 Å². The lowest BCUT2D eigenvalue weighted by atomic mass is 9.91. The molecule has 0 heterocycles. The first-order valence-electron chi connectivity index (χ1n) is 7.61. The quantitative estimate of drug-likeness (QED) is 0.724. The maximum absolute atomic E-state index is 12.2. The molecule has 4 nitrogen and oxygen atoms in total. The maximum Gasteiger partial charge on any atom is 0.241 e. The summed E-state index contributed by atoms with van der Waals surface area (Å²) in [6, 6.07) is 7.24. The van der Waals surface area contributed by atoms with Gasteiger partial charge in [-0.2, -0.15) is 0 Å². The molecule has 0 aromatic heterocycles. The molecular weight excluding hydrogens is 264 g/mol. The Morgan fingerprint density at radius 1 is 1.10 bits per heavy atom. The van der Waals surface area contributed by atoms with Crippen molar-refractivity contribution in [1.82, 2.24) is 5.32 Å². The van der Waals surface area contributed by atoms with Crippen LogP contribution in [0.25, 0.3) is 0 Å². The van der Waals surface area contributed by atoms with Crippen molar-refractivity contribution >= 4 is 11.6 Å². The molecular formula is C17H28N2O2. The molecule has 118 valence electrons. The lowest BCUT2D eigenvalue weighted by molar-refractivity contribution is -0.118. The van der Waals surface area contributed by atoms with Crippen LogP contribution in [0.4, 0.5) is 5.69 Å². The molecule has 3 N–H and O–H groups in total. The molecule has 21 heavy (non-hydrogen) atoms. The second-order valence-electron chi connectivity index (χ2n) is 6.12. The molecule has 1 aromatic rings. The zero-order valence-electron chi connectivity index (χ0n) is 13.7. The minimum atomic E-state index is -0.251. The Hall–Kier alpha value is -1.39. The fraction of sp³-hybridized carbons (Fsp3) is 0.588. The van der Waals surface area contributed by atoms with Crippen LogP contribution in [0, 0.1) is 11.8 Å². The highest BCUT2D eigenvalue weighted by Gasteiger charge is 2.20. The Balaban J connectivity index is 2.53. The lowest BCUT2D eigenvalue weighted by Gasteiger charge is -2.27. The van der Waals surface area contributed by atoms with Gasteiger partial charge in [-0.15, -0.1) is 0 Å². The fourth-order valence-electron chi connectivity index (χ4n) is 2.14. The van der Waals surface area contributed by atoms with Gasteiger partial charge < -0.3 is 15.7 Å². The summed E-state index contributed by atoms with van der Waals surface area (Å²) in [5, 5.41) is 15.2. The van der Waals surface area contributed by atoms with Crippen LogP contribution < -0.4 is 10.6 Å². The predicted octanol–water partition coefficient (Wildman–Crippen LogP) is 2.78. The van der Waals surface area contributed by atoms with Crippen LogP contribution in [0.1, 0.15) is 40.2 Å². The highest BCUT2D eigenvalue weighted by molar-refractivity contribution is 5.94. The van der Waals surface area contributed by atoms with Crippen molar-refractivity contribution in [3.05, 3.63) is 29.8 Å². The Labute approximate surface area is 128 Å². The third kappa shape index (κ3) is 5.48. The summed E-state index contributed by atoms with van der Waals surface area (Å²) in [7, 11) is 0. The van der Waals surface area contributed by atoms with E-state index in [-0.39, 0.29) is 24.6 Å². The number of anilines is 1. The van der Waals surface area contributed by atoms with Crippen molar-refractivity contribution in [2.45, 2.75) is 53.3 Å². The average molecular weight is 292 g/mol. The fourth-order valence-corrected chi connectivity index (χ4v) is 2.14. The van der Waals surface area contributed by atoms with Crippen LogP contribution in [0.3, 0.4) is 0 Å². The molecule has 0 unspecified atom stereocenters. The number of aliphatic hydroxyl groups is 1. The number of carbonyl (C=O) groups is 1. The summed E-state index contributed by atoms with van der Waals surface area (Å²) in [5.74, 6) is 1.03. The summed E-state index contributed by atoms with van der Waals surface area (Å²) in [6.07, 6.45) is 0. The van der Waals surface area contributed by atoms with E-state index in [4.69, 9.17) is 5.11 Å². The molecule has 1 aromatic carbocycles. The summed E-state index contributed by atoms with van der Waals surface area (Å²) in [5.41, 5.74) is 1.58. The van der Waals surface area contributed by atoms with Gasteiger partial charge in [0, 0.05) is 11.7 Å². The van der Waals surface area contributed by atoms with E-state index < -0.39 is 0 Å². The van der Waals surface area contributed by atoms with Crippen LogP contribution in [-0.2, 0) is 11.4 Å². The van der Waals surface area contributed by atoms with E-state index in [1.165, 1.54) is 0 Å². The van der Waals surface area contributed by atoms with Crippen molar-refractivity contribution in [2.24, 2.45) is 11.8 Å². The highest BCUT2D eigenvalue weighted by Crippen LogP contribution is 2.15. The zero-order chi connectivity index (χ0) is 16.0.